The number of aldehydes is 1. The maximum atomic E-state index is 12.4. The highest BCUT2D eigenvalue weighted by atomic mass is 127. The van der Waals surface area contributed by atoms with Gasteiger partial charge in [0.05, 0.1) is 6.10 Å². The summed E-state index contributed by atoms with van der Waals surface area (Å²) in [6.07, 6.45) is -6.97. The lowest BCUT2D eigenvalue weighted by atomic mass is 10.1. The Balaban J connectivity index is 4.07. The van der Waals surface area contributed by atoms with Gasteiger partial charge in [0.15, 0.2) is 12.5 Å². The monoisotopic (exact) mass is 292 g/mol. The van der Waals surface area contributed by atoms with Crippen LogP contribution in [0.3, 0.4) is 0 Å². The molecule has 72 valence electrons. The maximum Gasteiger partial charge on any atom is 0.183 e. The molecule has 0 bridgehead atoms. The van der Waals surface area contributed by atoms with Crippen molar-refractivity contribution < 1.29 is 24.5 Å². The molecule has 0 rings (SSSR count). The van der Waals surface area contributed by atoms with E-state index in [1.807, 2.05) is 0 Å². The van der Waals surface area contributed by atoms with Crippen molar-refractivity contribution in [2.45, 2.75) is 24.5 Å². The van der Waals surface area contributed by atoms with Crippen LogP contribution in [0.2, 0.25) is 0 Å². The molecule has 6 heteroatoms. The predicted octanol–water partition coefficient (Wildman–Crippen LogP) is -0.959. The zero-order valence-corrected chi connectivity index (χ0v) is 8.26. The molecule has 0 saturated carbocycles. The number of hydrogen-bond acceptors (Lipinski definition) is 4. The van der Waals surface area contributed by atoms with Gasteiger partial charge in [-0.05, 0) is 0 Å². The van der Waals surface area contributed by atoms with Crippen LogP contribution < -0.4 is 0 Å². The van der Waals surface area contributed by atoms with Gasteiger partial charge in [-0.15, -0.1) is 0 Å². The highest BCUT2D eigenvalue weighted by molar-refractivity contribution is 14.1. The maximum absolute atomic E-state index is 12.4. The van der Waals surface area contributed by atoms with Crippen LogP contribution in [0.4, 0.5) is 4.39 Å². The highest BCUT2D eigenvalue weighted by Crippen LogP contribution is 2.08. The number of hydrogen-bond donors (Lipinski definition) is 3. The summed E-state index contributed by atoms with van der Waals surface area (Å²) in [5, 5.41) is 26.8. The van der Waals surface area contributed by atoms with E-state index in [1.165, 1.54) is 0 Å². The van der Waals surface area contributed by atoms with Gasteiger partial charge < -0.3 is 20.1 Å². The van der Waals surface area contributed by atoms with Crippen LogP contribution in [0.5, 0.6) is 0 Å². The summed E-state index contributed by atoms with van der Waals surface area (Å²) in [4.78, 5) is 9.83. The fourth-order valence-corrected chi connectivity index (χ4v) is 1.11. The Kier molecular flexibility index (Phi) is 5.89. The first-order valence-electron chi connectivity index (χ1n) is 3.24. The smallest absolute Gasteiger partial charge is 0.183 e. The molecule has 0 amide bonds. The highest BCUT2D eigenvalue weighted by Gasteiger charge is 2.30. The molecule has 0 aliphatic heterocycles. The van der Waals surface area contributed by atoms with Crippen molar-refractivity contribution in [1.82, 2.24) is 0 Å². The lowest BCUT2D eigenvalue weighted by Crippen LogP contribution is -2.44. The minimum absolute atomic E-state index is 0.117. The molecule has 4 nitrogen and oxygen atoms in total. The number of aliphatic hydroxyl groups excluding tert-OH is 3. The second-order valence-corrected chi connectivity index (χ2v) is 3.16. The molecule has 0 spiro atoms. The van der Waals surface area contributed by atoms with Gasteiger partial charge in [0.2, 0.25) is 0 Å². The molecule has 0 aliphatic rings. The fourth-order valence-electron chi connectivity index (χ4n) is 0.588. The third-order valence-electron chi connectivity index (χ3n) is 1.36. The van der Waals surface area contributed by atoms with Gasteiger partial charge in [-0.25, -0.2) is 4.39 Å². The van der Waals surface area contributed by atoms with E-state index in [2.05, 4.69) is 0 Å². The van der Waals surface area contributed by atoms with E-state index < -0.39 is 24.5 Å². The predicted molar refractivity (Wildman–Crippen MR) is 47.9 cm³/mol. The van der Waals surface area contributed by atoms with Crippen molar-refractivity contribution in [3.05, 3.63) is 0 Å². The molecular formula is C6H10FIO4. The molecule has 0 aromatic heterocycles. The van der Waals surface area contributed by atoms with Crippen LogP contribution in [-0.4, -0.2) is 50.5 Å². The van der Waals surface area contributed by atoms with Crippen molar-refractivity contribution in [1.29, 1.82) is 0 Å². The minimum Gasteiger partial charge on any atom is -0.390 e. The molecule has 12 heavy (non-hydrogen) atoms. The van der Waals surface area contributed by atoms with Crippen molar-refractivity contribution in [2.24, 2.45) is 0 Å². The van der Waals surface area contributed by atoms with Crippen LogP contribution in [0.1, 0.15) is 0 Å². The SMILES string of the molecule is O=C[C@H](F)[C@@H](O)[C@H](O)[C@H](O)CI. The summed E-state index contributed by atoms with van der Waals surface area (Å²) < 4.78 is 12.5. The number of rotatable bonds is 5. The summed E-state index contributed by atoms with van der Waals surface area (Å²) in [6, 6.07) is 0. The van der Waals surface area contributed by atoms with E-state index in [4.69, 9.17) is 15.3 Å². The van der Waals surface area contributed by atoms with Gasteiger partial charge in [0.25, 0.3) is 0 Å². The Labute approximate surface area is 82.5 Å². The number of aliphatic hydroxyl groups is 3. The van der Waals surface area contributed by atoms with Crippen LogP contribution in [0.25, 0.3) is 0 Å². The third-order valence-corrected chi connectivity index (χ3v) is 2.26. The van der Waals surface area contributed by atoms with Crippen molar-refractivity contribution in [3.8, 4) is 0 Å². The third kappa shape index (κ3) is 3.30. The van der Waals surface area contributed by atoms with Gasteiger partial charge in [0, 0.05) is 4.43 Å². The molecule has 4 atom stereocenters. The van der Waals surface area contributed by atoms with E-state index >= 15 is 0 Å². The van der Waals surface area contributed by atoms with Crippen molar-refractivity contribution in [2.75, 3.05) is 4.43 Å². The van der Waals surface area contributed by atoms with E-state index in [9.17, 15) is 9.18 Å². The lowest BCUT2D eigenvalue weighted by Gasteiger charge is -2.21. The largest absolute Gasteiger partial charge is 0.390 e. The van der Waals surface area contributed by atoms with E-state index in [0.717, 1.165) is 0 Å². The lowest BCUT2D eigenvalue weighted by molar-refractivity contribution is -0.123. The first kappa shape index (κ1) is 12.2. The van der Waals surface area contributed by atoms with Gasteiger partial charge >= 0.3 is 0 Å². The zero-order valence-electron chi connectivity index (χ0n) is 6.10. The van der Waals surface area contributed by atoms with E-state index in [-0.39, 0.29) is 10.7 Å². The van der Waals surface area contributed by atoms with Crippen LogP contribution >= 0.6 is 22.6 Å². The van der Waals surface area contributed by atoms with Crippen LogP contribution in [0, 0.1) is 0 Å². The number of carbonyl (C=O) groups is 1. The number of halogens is 2. The fraction of sp³-hybridized carbons (Fsp3) is 0.833. The quantitative estimate of drug-likeness (QED) is 0.346. The summed E-state index contributed by atoms with van der Waals surface area (Å²) in [6.45, 7) is 0. The molecule has 3 N–H and O–H groups in total. The standard InChI is InChI=1S/C6H10FIO4/c7-3(2-9)5(11)6(12)4(10)1-8/h2-6,10-12H,1H2/t3-,4+,5+,6+/m0/s1. The molecule has 0 saturated heterocycles. The summed E-state index contributed by atoms with van der Waals surface area (Å²) in [5.74, 6) is 0. The number of carbonyl (C=O) groups excluding carboxylic acids is 1. The minimum atomic E-state index is -2.16. The second kappa shape index (κ2) is 5.79. The Hall–Kier alpha value is 0.210. The average molecular weight is 292 g/mol. The molecule has 0 fully saturated rings. The van der Waals surface area contributed by atoms with Gasteiger partial charge in [-0.3, -0.25) is 0 Å². The summed E-state index contributed by atoms with van der Waals surface area (Å²) in [7, 11) is 0. The first-order chi connectivity index (χ1) is 5.54. The first-order valence-corrected chi connectivity index (χ1v) is 4.76. The Bertz CT molecular complexity index is 146. The van der Waals surface area contributed by atoms with E-state index in [0.29, 0.717) is 0 Å². The topological polar surface area (TPSA) is 77.8 Å². The zero-order chi connectivity index (χ0) is 9.72. The molecule has 0 aromatic carbocycles. The van der Waals surface area contributed by atoms with Gasteiger partial charge in [0.1, 0.15) is 12.2 Å². The van der Waals surface area contributed by atoms with Crippen LogP contribution in [-0.2, 0) is 4.79 Å². The second-order valence-electron chi connectivity index (χ2n) is 2.28. The molecule has 0 radical (unpaired) electrons. The molecular weight excluding hydrogens is 282 g/mol. The molecule has 0 unspecified atom stereocenters. The van der Waals surface area contributed by atoms with Crippen LogP contribution in [0.15, 0.2) is 0 Å². The number of alkyl halides is 2. The molecule has 0 aromatic rings. The van der Waals surface area contributed by atoms with Gasteiger partial charge in [-0.1, -0.05) is 22.6 Å². The molecule has 0 aliphatic carbocycles. The molecule has 0 heterocycles. The van der Waals surface area contributed by atoms with Crippen molar-refractivity contribution >= 4 is 28.9 Å². The average Bonchev–Trinajstić information content (AvgIpc) is 2.12. The normalized spacial score (nSPS) is 21.1. The Morgan fingerprint density at radius 2 is 1.83 bits per heavy atom. The Morgan fingerprint density at radius 1 is 1.33 bits per heavy atom. The summed E-state index contributed by atoms with van der Waals surface area (Å²) >= 11 is 1.77. The summed E-state index contributed by atoms with van der Waals surface area (Å²) in [5.41, 5.74) is 0. The van der Waals surface area contributed by atoms with Crippen molar-refractivity contribution in [3.63, 3.8) is 0 Å². The Morgan fingerprint density at radius 3 is 2.17 bits per heavy atom. The van der Waals surface area contributed by atoms with E-state index in [1.54, 1.807) is 22.6 Å². The van der Waals surface area contributed by atoms with Gasteiger partial charge in [-0.2, -0.15) is 0 Å².